The lowest BCUT2D eigenvalue weighted by Gasteiger charge is -2.18. The Balaban J connectivity index is 1.61. The predicted molar refractivity (Wildman–Crippen MR) is 157 cm³/mol. The van der Waals surface area contributed by atoms with Crippen molar-refractivity contribution in [2.45, 2.75) is 48.7 Å². The summed E-state index contributed by atoms with van der Waals surface area (Å²) < 4.78 is 5.11. The number of esters is 1. The summed E-state index contributed by atoms with van der Waals surface area (Å²) in [5.41, 5.74) is 2.67. The number of carboxylic acid groups (broad SMARTS) is 1. The van der Waals surface area contributed by atoms with E-state index < -0.39 is 23.1 Å². The average Bonchev–Trinajstić information content (AvgIpc) is 3.26. The smallest absolute Gasteiger partial charge is 0.341 e. The summed E-state index contributed by atoms with van der Waals surface area (Å²) in [4.78, 5) is 51.3. The van der Waals surface area contributed by atoms with Crippen LogP contribution in [0.25, 0.3) is 0 Å². The first-order valence-corrected chi connectivity index (χ1v) is 14.6. The molecule has 1 aliphatic carbocycles. The number of benzene rings is 2. The molecule has 8 nitrogen and oxygen atoms in total. The quantitative estimate of drug-likeness (QED) is 0.156. The highest BCUT2D eigenvalue weighted by atomic mass is 32.2. The van der Waals surface area contributed by atoms with Crippen LogP contribution in [0.3, 0.4) is 0 Å². The van der Waals surface area contributed by atoms with Crippen LogP contribution in [-0.2, 0) is 32.0 Å². The fourth-order valence-corrected chi connectivity index (χ4v) is 6.88. The summed E-state index contributed by atoms with van der Waals surface area (Å²) in [5, 5.41) is 14.3. The van der Waals surface area contributed by atoms with E-state index in [9.17, 15) is 19.2 Å². The van der Waals surface area contributed by atoms with E-state index in [1.807, 2.05) is 36.4 Å². The normalized spacial score (nSPS) is 13.9. The SMILES string of the molecule is COC(=O)c1c(NC(=O)C(Sc2cccc(NC(=O)/C=C/C(=O)O)c2)c2ccccc2)sc2c1CCCCCC2. The maximum Gasteiger partial charge on any atom is 0.341 e. The van der Waals surface area contributed by atoms with Gasteiger partial charge in [-0.15, -0.1) is 23.1 Å². The number of hydrogen-bond acceptors (Lipinski definition) is 7. The Morgan fingerprint density at radius 1 is 0.950 bits per heavy atom. The summed E-state index contributed by atoms with van der Waals surface area (Å²) in [5.74, 6) is -2.53. The fourth-order valence-electron chi connectivity index (χ4n) is 4.52. The number of ether oxygens (including phenoxy) is 1. The van der Waals surface area contributed by atoms with Crippen LogP contribution in [0.15, 0.2) is 71.6 Å². The monoisotopic (exact) mass is 578 g/mol. The Kier molecular flexibility index (Phi) is 10.2. The molecule has 1 atom stereocenters. The summed E-state index contributed by atoms with van der Waals surface area (Å²) in [7, 11) is 1.35. The number of carbonyl (C=O) groups is 4. The van der Waals surface area contributed by atoms with Crippen LogP contribution < -0.4 is 10.6 Å². The molecular weight excluding hydrogens is 548 g/mol. The summed E-state index contributed by atoms with van der Waals surface area (Å²) in [6.45, 7) is 0. The lowest BCUT2D eigenvalue weighted by molar-refractivity contribution is -0.131. The van der Waals surface area contributed by atoms with Gasteiger partial charge in [0, 0.05) is 27.6 Å². The zero-order valence-electron chi connectivity index (χ0n) is 22.0. The third kappa shape index (κ3) is 7.61. The van der Waals surface area contributed by atoms with Crippen molar-refractivity contribution in [2.24, 2.45) is 0 Å². The van der Waals surface area contributed by atoms with Gasteiger partial charge in [-0.1, -0.05) is 49.2 Å². The number of thiophene rings is 1. The number of aryl methyl sites for hydroxylation is 1. The summed E-state index contributed by atoms with van der Waals surface area (Å²) >= 11 is 2.76. The van der Waals surface area contributed by atoms with E-state index in [2.05, 4.69) is 10.6 Å². The third-order valence-corrected chi connectivity index (χ3v) is 8.83. The maximum atomic E-state index is 13.8. The molecular formula is C30H30N2O6S2. The number of nitrogens with one attached hydrogen (secondary N) is 2. The number of methoxy groups -OCH3 is 1. The fraction of sp³-hybridized carbons (Fsp3) is 0.267. The molecule has 0 radical (unpaired) electrons. The first kappa shape index (κ1) is 29.1. The standard InChI is InChI=1S/C30H30N2O6S2/c1-38-30(37)26-22-14-7-2-3-8-15-23(22)40-29(26)32-28(36)27(19-10-5-4-6-11-19)39-21-13-9-12-20(18-21)31-24(33)16-17-25(34)35/h4-6,9-13,16-18,27H,2-3,7-8,14-15H2,1H3,(H,31,33)(H,32,36)(H,34,35)/b17-16+. The molecule has 0 aliphatic heterocycles. The number of anilines is 2. The number of amides is 2. The molecule has 0 saturated carbocycles. The molecule has 1 aliphatic rings. The van der Waals surface area contributed by atoms with Crippen molar-refractivity contribution in [3.8, 4) is 0 Å². The van der Waals surface area contributed by atoms with Gasteiger partial charge in [0.25, 0.3) is 0 Å². The number of hydrogen-bond donors (Lipinski definition) is 3. The summed E-state index contributed by atoms with van der Waals surface area (Å²) in [6.07, 6.45) is 7.64. The molecule has 1 unspecified atom stereocenters. The topological polar surface area (TPSA) is 122 Å². The molecule has 3 aromatic rings. The highest BCUT2D eigenvalue weighted by molar-refractivity contribution is 8.00. The van der Waals surface area contributed by atoms with Crippen LogP contribution in [0.2, 0.25) is 0 Å². The van der Waals surface area contributed by atoms with E-state index in [0.29, 0.717) is 16.3 Å². The Morgan fingerprint density at radius 2 is 1.70 bits per heavy atom. The maximum absolute atomic E-state index is 13.8. The van der Waals surface area contributed by atoms with Gasteiger partial charge in [0.05, 0.1) is 12.7 Å². The average molecular weight is 579 g/mol. The molecule has 1 heterocycles. The lowest BCUT2D eigenvalue weighted by Crippen LogP contribution is -2.20. The van der Waals surface area contributed by atoms with Gasteiger partial charge in [-0.2, -0.15) is 0 Å². The van der Waals surface area contributed by atoms with Crippen molar-refractivity contribution >= 4 is 57.5 Å². The molecule has 10 heteroatoms. The van der Waals surface area contributed by atoms with Gasteiger partial charge in [-0.05, 0) is 55.0 Å². The minimum atomic E-state index is -1.22. The van der Waals surface area contributed by atoms with Gasteiger partial charge in [0.2, 0.25) is 11.8 Å². The van der Waals surface area contributed by atoms with Crippen molar-refractivity contribution in [1.82, 2.24) is 0 Å². The van der Waals surface area contributed by atoms with Gasteiger partial charge in [0.15, 0.2) is 0 Å². The lowest BCUT2D eigenvalue weighted by atomic mass is 9.96. The van der Waals surface area contributed by atoms with Crippen LogP contribution in [-0.4, -0.2) is 36.0 Å². The van der Waals surface area contributed by atoms with Crippen molar-refractivity contribution in [3.05, 3.63) is 88.3 Å². The molecule has 40 heavy (non-hydrogen) atoms. The first-order valence-electron chi connectivity index (χ1n) is 12.9. The number of fused-ring (bicyclic) bond motifs is 1. The zero-order chi connectivity index (χ0) is 28.5. The number of aliphatic carboxylic acids is 1. The highest BCUT2D eigenvalue weighted by Crippen LogP contribution is 2.41. The Morgan fingerprint density at radius 3 is 2.42 bits per heavy atom. The van der Waals surface area contributed by atoms with Crippen molar-refractivity contribution in [2.75, 3.05) is 17.7 Å². The number of rotatable bonds is 9. The number of carbonyl (C=O) groups excluding carboxylic acids is 3. The molecule has 0 bridgehead atoms. The Labute approximate surface area is 240 Å². The van der Waals surface area contributed by atoms with E-state index >= 15 is 0 Å². The predicted octanol–water partition coefficient (Wildman–Crippen LogP) is 6.25. The van der Waals surface area contributed by atoms with Gasteiger partial charge >= 0.3 is 11.9 Å². The molecule has 2 amide bonds. The van der Waals surface area contributed by atoms with E-state index in [4.69, 9.17) is 9.84 Å². The molecule has 208 valence electrons. The van der Waals surface area contributed by atoms with E-state index in [0.717, 1.165) is 71.6 Å². The van der Waals surface area contributed by atoms with E-state index in [1.165, 1.54) is 30.2 Å². The highest BCUT2D eigenvalue weighted by Gasteiger charge is 2.29. The zero-order valence-corrected chi connectivity index (χ0v) is 23.6. The van der Waals surface area contributed by atoms with Crippen molar-refractivity contribution < 1.29 is 29.0 Å². The first-order chi connectivity index (χ1) is 19.4. The minimum absolute atomic E-state index is 0.283. The number of thioether (sulfide) groups is 1. The minimum Gasteiger partial charge on any atom is -0.478 e. The van der Waals surface area contributed by atoms with Crippen LogP contribution in [0.4, 0.5) is 10.7 Å². The second-order valence-electron chi connectivity index (χ2n) is 9.20. The second-order valence-corrected chi connectivity index (χ2v) is 11.5. The van der Waals surface area contributed by atoms with Crippen LogP contribution in [0, 0.1) is 0 Å². The largest absolute Gasteiger partial charge is 0.478 e. The van der Waals surface area contributed by atoms with Crippen LogP contribution in [0.1, 0.15) is 57.3 Å². The van der Waals surface area contributed by atoms with Crippen molar-refractivity contribution in [1.29, 1.82) is 0 Å². The van der Waals surface area contributed by atoms with Gasteiger partial charge in [0.1, 0.15) is 10.3 Å². The molecule has 0 fully saturated rings. The van der Waals surface area contributed by atoms with Crippen molar-refractivity contribution in [3.63, 3.8) is 0 Å². The summed E-state index contributed by atoms with van der Waals surface area (Å²) in [6, 6.07) is 16.3. The molecule has 1 aromatic heterocycles. The molecule has 4 rings (SSSR count). The second kappa shape index (κ2) is 14.0. The van der Waals surface area contributed by atoms with Crippen LogP contribution in [0.5, 0.6) is 0 Å². The Bertz CT molecular complexity index is 1420. The molecule has 0 spiro atoms. The van der Waals surface area contributed by atoms with Crippen LogP contribution >= 0.6 is 23.1 Å². The van der Waals surface area contributed by atoms with E-state index in [1.54, 1.807) is 18.2 Å². The van der Waals surface area contributed by atoms with Gasteiger partial charge in [-0.3, -0.25) is 9.59 Å². The van der Waals surface area contributed by atoms with Gasteiger partial charge < -0.3 is 20.5 Å². The third-order valence-electron chi connectivity index (χ3n) is 6.37. The Hall–Kier alpha value is -3.89. The van der Waals surface area contributed by atoms with E-state index in [-0.39, 0.29) is 5.91 Å². The molecule has 0 saturated heterocycles. The number of carboxylic acids is 1. The molecule has 2 aromatic carbocycles. The van der Waals surface area contributed by atoms with Gasteiger partial charge in [-0.25, -0.2) is 9.59 Å². The molecule has 3 N–H and O–H groups in total.